The van der Waals surface area contributed by atoms with Gasteiger partial charge in [-0.15, -0.1) is 0 Å². The lowest BCUT2D eigenvalue weighted by atomic mass is 9.65. The van der Waals surface area contributed by atoms with Gasteiger partial charge in [0, 0.05) is 6.54 Å². The van der Waals surface area contributed by atoms with Crippen molar-refractivity contribution < 1.29 is 0 Å². The van der Waals surface area contributed by atoms with E-state index in [4.69, 9.17) is 0 Å². The van der Waals surface area contributed by atoms with Gasteiger partial charge in [-0.05, 0) is 71.0 Å². The molecule has 1 heteroatoms. The summed E-state index contributed by atoms with van der Waals surface area (Å²) in [7, 11) is 0. The predicted molar refractivity (Wildman–Crippen MR) is 114 cm³/mol. The highest BCUT2D eigenvalue weighted by Gasteiger charge is 2.41. The van der Waals surface area contributed by atoms with Gasteiger partial charge in [-0.3, -0.25) is 0 Å². The molecule has 1 saturated carbocycles. The van der Waals surface area contributed by atoms with E-state index in [1.54, 1.807) is 11.1 Å². The Labute approximate surface area is 162 Å². The van der Waals surface area contributed by atoms with Gasteiger partial charge in [0.1, 0.15) is 0 Å². The van der Waals surface area contributed by atoms with Gasteiger partial charge in [-0.1, -0.05) is 79.6 Å². The van der Waals surface area contributed by atoms with Gasteiger partial charge >= 0.3 is 0 Å². The van der Waals surface area contributed by atoms with Crippen LogP contribution in [-0.4, -0.2) is 6.54 Å². The van der Waals surface area contributed by atoms with E-state index in [1.807, 2.05) is 0 Å². The zero-order chi connectivity index (χ0) is 18.1. The number of fused-ring (bicyclic) bond motifs is 3. The Hall–Kier alpha value is -2.12. The quantitative estimate of drug-likeness (QED) is 0.605. The molecule has 1 atom stereocenters. The first-order valence-corrected chi connectivity index (χ1v) is 10.6. The van der Waals surface area contributed by atoms with Crippen molar-refractivity contribution in [3.8, 4) is 0 Å². The zero-order valence-corrected chi connectivity index (χ0v) is 16.1. The molecule has 0 bridgehead atoms. The van der Waals surface area contributed by atoms with E-state index in [9.17, 15) is 0 Å². The highest BCUT2D eigenvalue weighted by atomic mass is 14.9. The summed E-state index contributed by atoms with van der Waals surface area (Å²) in [6.07, 6.45) is 8.20. The predicted octanol–water partition coefficient (Wildman–Crippen LogP) is 6.00. The minimum atomic E-state index is 0.473. The Kier molecular flexibility index (Phi) is 4.49. The first kappa shape index (κ1) is 17.0. The van der Waals surface area contributed by atoms with Crippen molar-refractivity contribution in [3.05, 3.63) is 83.4 Å². The van der Waals surface area contributed by atoms with Crippen LogP contribution < -0.4 is 5.32 Å². The summed E-state index contributed by atoms with van der Waals surface area (Å²) in [6.45, 7) is 2.09. The van der Waals surface area contributed by atoms with Gasteiger partial charge in [0.15, 0.2) is 0 Å². The van der Waals surface area contributed by atoms with Gasteiger partial charge < -0.3 is 5.32 Å². The van der Waals surface area contributed by atoms with Gasteiger partial charge in [-0.25, -0.2) is 0 Å². The van der Waals surface area contributed by atoms with Crippen LogP contribution in [0.5, 0.6) is 0 Å². The average molecular weight is 356 g/mol. The molecule has 138 valence electrons. The van der Waals surface area contributed by atoms with Gasteiger partial charge in [0.05, 0.1) is 0 Å². The number of rotatable bonds is 4. The third kappa shape index (κ3) is 3.19. The smallest absolute Gasteiger partial charge is 0.0211 e. The van der Waals surface area contributed by atoms with E-state index in [2.05, 4.69) is 72.0 Å². The van der Waals surface area contributed by atoms with E-state index < -0.39 is 0 Å². The van der Waals surface area contributed by atoms with Gasteiger partial charge in [0.25, 0.3) is 0 Å². The fourth-order valence-corrected chi connectivity index (χ4v) is 5.79. The molecule has 0 saturated heterocycles. The van der Waals surface area contributed by atoms with Crippen molar-refractivity contribution in [3.63, 3.8) is 0 Å². The molecule has 0 aliphatic heterocycles. The lowest BCUT2D eigenvalue weighted by Gasteiger charge is -2.40. The summed E-state index contributed by atoms with van der Waals surface area (Å²) in [5, 5.41) is 6.52. The van der Waals surface area contributed by atoms with Crippen molar-refractivity contribution in [2.45, 2.75) is 50.5 Å². The molecule has 0 aromatic heterocycles. The summed E-state index contributed by atoms with van der Waals surface area (Å²) in [4.78, 5) is 0. The van der Waals surface area contributed by atoms with Crippen molar-refractivity contribution in [1.29, 1.82) is 0 Å². The third-order valence-corrected chi connectivity index (χ3v) is 6.97. The number of hydrogen-bond donors (Lipinski definition) is 1. The van der Waals surface area contributed by atoms with Crippen LogP contribution in [0, 0.1) is 5.92 Å². The van der Waals surface area contributed by atoms with Crippen molar-refractivity contribution in [2.75, 3.05) is 6.54 Å². The molecule has 0 radical (unpaired) electrons. The minimum Gasteiger partial charge on any atom is -0.312 e. The molecule has 1 nitrogen and oxygen atoms in total. The van der Waals surface area contributed by atoms with Gasteiger partial charge in [0.2, 0.25) is 0 Å². The van der Waals surface area contributed by atoms with Crippen molar-refractivity contribution in [2.24, 2.45) is 5.92 Å². The Morgan fingerprint density at radius 3 is 2.56 bits per heavy atom. The van der Waals surface area contributed by atoms with E-state index in [0.717, 1.165) is 19.0 Å². The van der Waals surface area contributed by atoms with Crippen LogP contribution in [0.25, 0.3) is 10.8 Å². The van der Waals surface area contributed by atoms with E-state index >= 15 is 0 Å². The van der Waals surface area contributed by atoms with Gasteiger partial charge in [-0.2, -0.15) is 0 Å². The van der Waals surface area contributed by atoms with Crippen molar-refractivity contribution >= 4 is 10.8 Å². The Balaban J connectivity index is 1.30. The molecule has 2 aliphatic rings. The molecule has 1 fully saturated rings. The lowest BCUT2D eigenvalue weighted by molar-refractivity contribution is 0.282. The lowest BCUT2D eigenvalue weighted by Crippen LogP contribution is -2.37. The molecule has 0 amide bonds. The molecule has 27 heavy (non-hydrogen) atoms. The second-order valence-electron chi connectivity index (χ2n) is 8.69. The standard InChI is InChI=1S/C26H29N/c1-3-12-24-21(8-1)10-7-11-23(24)19-27-18-20-16-22-9-2-4-13-25(22)26(17-20)14-5-6-15-26/h1-4,7-13,20,27H,5-6,14-19H2. The maximum atomic E-state index is 3.80. The average Bonchev–Trinajstić information content (AvgIpc) is 3.17. The van der Waals surface area contributed by atoms with Crippen LogP contribution in [0.15, 0.2) is 66.7 Å². The summed E-state index contributed by atoms with van der Waals surface area (Å²) < 4.78 is 0. The SMILES string of the molecule is c1ccc2c(c1)CC(CNCc1cccc3ccccc13)CC21CCCC1. The Bertz CT molecular complexity index is 930. The maximum Gasteiger partial charge on any atom is 0.0211 e. The molecule has 2 aliphatic carbocycles. The fraction of sp³-hybridized carbons (Fsp3) is 0.385. The number of hydrogen-bond acceptors (Lipinski definition) is 1. The first-order chi connectivity index (χ1) is 13.3. The minimum absolute atomic E-state index is 0.473. The summed E-state index contributed by atoms with van der Waals surface area (Å²) in [5.41, 5.74) is 5.18. The highest BCUT2D eigenvalue weighted by molar-refractivity contribution is 5.85. The molecular weight excluding hydrogens is 326 g/mol. The monoisotopic (exact) mass is 355 g/mol. The fourth-order valence-electron chi connectivity index (χ4n) is 5.79. The summed E-state index contributed by atoms with van der Waals surface area (Å²) in [6, 6.07) is 24.7. The third-order valence-electron chi connectivity index (χ3n) is 6.97. The maximum absolute atomic E-state index is 3.80. The first-order valence-electron chi connectivity index (χ1n) is 10.6. The van der Waals surface area contributed by atoms with E-state index in [1.165, 1.54) is 54.9 Å². The van der Waals surface area contributed by atoms with Crippen LogP contribution in [-0.2, 0) is 18.4 Å². The topological polar surface area (TPSA) is 12.0 Å². The van der Waals surface area contributed by atoms with E-state index in [-0.39, 0.29) is 0 Å². The molecule has 0 heterocycles. The Morgan fingerprint density at radius 1 is 0.852 bits per heavy atom. The largest absolute Gasteiger partial charge is 0.312 e. The molecule has 5 rings (SSSR count). The van der Waals surface area contributed by atoms with Crippen molar-refractivity contribution in [1.82, 2.24) is 5.32 Å². The second kappa shape index (κ2) is 7.13. The van der Waals surface area contributed by atoms with E-state index in [0.29, 0.717) is 5.41 Å². The molecule has 3 aromatic rings. The molecule has 1 spiro atoms. The van der Waals surface area contributed by atoms with Crippen LogP contribution in [0.4, 0.5) is 0 Å². The van der Waals surface area contributed by atoms with Crippen LogP contribution in [0.3, 0.4) is 0 Å². The normalized spacial score (nSPS) is 20.8. The summed E-state index contributed by atoms with van der Waals surface area (Å²) in [5.74, 6) is 0.757. The molecular formula is C26H29N. The molecule has 1 N–H and O–H groups in total. The second-order valence-corrected chi connectivity index (χ2v) is 8.69. The Morgan fingerprint density at radius 2 is 1.63 bits per heavy atom. The van der Waals surface area contributed by atoms with Crippen LogP contribution >= 0.6 is 0 Å². The van der Waals surface area contributed by atoms with Crippen LogP contribution in [0.2, 0.25) is 0 Å². The summed E-state index contributed by atoms with van der Waals surface area (Å²) >= 11 is 0. The molecule has 1 unspecified atom stereocenters. The molecule has 3 aromatic carbocycles. The number of nitrogens with one attached hydrogen (secondary N) is 1. The zero-order valence-electron chi connectivity index (χ0n) is 16.1. The number of benzene rings is 3. The highest BCUT2D eigenvalue weighted by Crippen LogP contribution is 2.50. The van der Waals surface area contributed by atoms with Crippen LogP contribution in [0.1, 0.15) is 48.8 Å².